The van der Waals surface area contributed by atoms with Gasteiger partial charge in [0.05, 0.1) is 19.2 Å². The van der Waals surface area contributed by atoms with Crippen molar-refractivity contribution in [3.05, 3.63) is 46.5 Å². The normalized spacial score (nSPS) is 34.8. The lowest BCUT2D eigenvalue weighted by Crippen LogP contribution is -2.68. The number of allylic oxidation sites excluding steroid dienone is 3. The molecule has 53 heavy (non-hydrogen) atoms. The number of likely N-dealkylation sites (N-methyl/N-ethyl adjacent to an activating group) is 1. The number of thioether (sulfide) groups is 1. The van der Waals surface area contributed by atoms with Crippen LogP contribution in [0.2, 0.25) is 5.02 Å². The Hall–Kier alpha value is -3.30. The van der Waals surface area contributed by atoms with Crippen LogP contribution in [0.1, 0.15) is 66.4 Å². The van der Waals surface area contributed by atoms with Crippen LogP contribution in [-0.2, 0) is 39.8 Å². The van der Waals surface area contributed by atoms with Gasteiger partial charge in [0, 0.05) is 50.5 Å². The predicted octanol–water partition coefficient (Wildman–Crippen LogP) is 4.80. The molecular formula is C38H52ClN3O10S. The number of hydrogen-bond donors (Lipinski definition) is 2. The smallest absolute Gasteiger partial charge is 0.409 e. The average Bonchev–Trinajstić information content (AvgIpc) is 3.72. The van der Waals surface area contributed by atoms with Gasteiger partial charge >= 0.3 is 12.1 Å². The molecule has 292 valence electrons. The number of fused-ring (bicyclic) bond motifs is 4. The first-order valence-electron chi connectivity index (χ1n) is 17.7. The molecule has 13 nitrogen and oxygen atoms in total. The Morgan fingerprint density at radius 1 is 1.21 bits per heavy atom. The second-order valence-electron chi connectivity index (χ2n) is 15.6. The van der Waals surface area contributed by atoms with E-state index in [2.05, 4.69) is 26.1 Å². The molecule has 1 aromatic carbocycles. The molecule has 0 aliphatic carbocycles. The molecule has 0 radical (unpaired) electrons. The second kappa shape index (κ2) is 15.1. The molecule has 4 aliphatic heterocycles. The number of alkyl carbamates (subject to hydrolysis) is 1. The second-order valence-corrected chi connectivity index (χ2v) is 17.9. The first-order valence-corrected chi connectivity index (χ1v) is 19.1. The summed E-state index contributed by atoms with van der Waals surface area (Å²) in [6.45, 7) is 11.6. The molecule has 6 bridgehead atoms. The summed E-state index contributed by atoms with van der Waals surface area (Å²) in [5.41, 5.74) is -2.55. The standard InChI is InChI=1S/C38H52ClN3O10S/c1-21-12-11-13-27(49-10)37(47)20-26(50-34(46)40-37)22(2)38-32(42(8)29(43)14-15-53-35(3,4)5)33(45)51-28(36(38,6)52-38)19-30(44)41(7)24-17-23(16-21)18-25(48-9)31(24)39/h11-13,17-18,22,26-28,32,47H,14-16,19-20H2,1-10H3,(H,40,46)/b13-11+,21-12+/t22-,26?,27?,28+,32-,36?,37?,38-/m1/s1. The number of nitrogens with zero attached hydrogens (tertiary/aromatic N) is 2. The summed E-state index contributed by atoms with van der Waals surface area (Å²) in [6.07, 6.45) is 1.41. The minimum atomic E-state index is -1.92. The molecule has 3 amide bonds. The van der Waals surface area contributed by atoms with Crippen LogP contribution in [-0.4, -0.2) is 114 Å². The number of amides is 3. The molecule has 0 aromatic heterocycles. The van der Waals surface area contributed by atoms with Crippen molar-refractivity contribution in [1.29, 1.82) is 0 Å². The number of esters is 1. The zero-order valence-electron chi connectivity index (χ0n) is 32.1. The lowest BCUT2D eigenvalue weighted by molar-refractivity contribution is -0.174. The third-order valence-corrected chi connectivity index (χ3v) is 12.5. The third kappa shape index (κ3) is 7.80. The van der Waals surface area contributed by atoms with Crippen LogP contribution < -0.4 is 15.0 Å². The Kier molecular flexibility index (Phi) is 11.6. The highest BCUT2D eigenvalue weighted by atomic mass is 35.5. The fourth-order valence-electron chi connectivity index (χ4n) is 7.89. The molecule has 1 aromatic rings. The summed E-state index contributed by atoms with van der Waals surface area (Å²) in [6, 6.07) is 2.34. The van der Waals surface area contributed by atoms with E-state index in [1.807, 2.05) is 13.0 Å². The highest BCUT2D eigenvalue weighted by Gasteiger charge is 2.83. The van der Waals surface area contributed by atoms with Gasteiger partial charge in [0.1, 0.15) is 40.3 Å². The lowest BCUT2D eigenvalue weighted by Gasteiger charge is -2.46. The number of benzene rings is 1. The number of rotatable bonds is 6. The van der Waals surface area contributed by atoms with E-state index in [0.29, 0.717) is 23.6 Å². The number of halogens is 1. The summed E-state index contributed by atoms with van der Waals surface area (Å²) >= 11 is 8.38. The number of nitrogens with one attached hydrogen (secondary N) is 1. The monoisotopic (exact) mass is 777 g/mol. The Morgan fingerprint density at radius 2 is 1.91 bits per heavy atom. The first-order chi connectivity index (χ1) is 24.7. The summed E-state index contributed by atoms with van der Waals surface area (Å²) < 4.78 is 29.7. The van der Waals surface area contributed by atoms with Crippen LogP contribution in [0.15, 0.2) is 35.9 Å². The van der Waals surface area contributed by atoms with Gasteiger partial charge in [0.25, 0.3) is 0 Å². The molecule has 4 unspecified atom stereocenters. The van der Waals surface area contributed by atoms with Crippen LogP contribution >= 0.6 is 23.4 Å². The average molecular weight is 778 g/mol. The highest BCUT2D eigenvalue weighted by Crippen LogP contribution is 2.63. The fourth-order valence-corrected chi connectivity index (χ4v) is 9.09. The molecule has 3 fully saturated rings. The minimum Gasteiger partial charge on any atom is -0.495 e. The molecule has 2 N–H and O–H groups in total. The van der Waals surface area contributed by atoms with Crippen molar-refractivity contribution >= 4 is 52.9 Å². The summed E-state index contributed by atoms with van der Waals surface area (Å²) in [5, 5.41) is 14.7. The van der Waals surface area contributed by atoms with E-state index in [4.69, 9.17) is 35.3 Å². The van der Waals surface area contributed by atoms with E-state index in [1.165, 1.54) is 31.1 Å². The quantitative estimate of drug-likeness (QED) is 0.302. The van der Waals surface area contributed by atoms with Crippen molar-refractivity contribution in [3.63, 3.8) is 0 Å². The zero-order chi connectivity index (χ0) is 39.3. The molecule has 3 saturated heterocycles. The number of aliphatic hydroxyl groups is 1. The van der Waals surface area contributed by atoms with Crippen molar-refractivity contribution in [2.24, 2.45) is 5.92 Å². The third-order valence-electron chi connectivity index (χ3n) is 10.8. The number of carbonyl (C=O) groups excluding carboxylic acids is 4. The van der Waals surface area contributed by atoms with Gasteiger partial charge in [-0.1, -0.05) is 63.1 Å². The maximum atomic E-state index is 14.2. The van der Waals surface area contributed by atoms with Gasteiger partial charge < -0.3 is 38.6 Å². The molecule has 4 heterocycles. The number of anilines is 1. The van der Waals surface area contributed by atoms with Crippen LogP contribution in [0.25, 0.3) is 0 Å². The number of ether oxygens (including phenoxy) is 5. The molecule has 8 atom stereocenters. The van der Waals surface area contributed by atoms with Gasteiger partial charge in [-0.25, -0.2) is 9.59 Å². The molecule has 4 aliphatic rings. The largest absolute Gasteiger partial charge is 0.495 e. The van der Waals surface area contributed by atoms with E-state index in [1.54, 1.807) is 56.9 Å². The molecule has 15 heteroatoms. The molecule has 5 rings (SSSR count). The SMILES string of the molecule is COc1cc2cc(c1Cl)N(C)C(=O)C[C@@H]1OC(=O)[C@@H](N(C)C(=O)CCSC(C)(C)C)[C@]3(OC13C)[C@H](C)C1CC(O)(NC(=O)O1)C(OC)/C=C/C=C(\C)C2. The Balaban J connectivity index is 1.61. The van der Waals surface area contributed by atoms with Gasteiger partial charge in [0.15, 0.2) is 11.8 Å². The number of carbonyl (C=O) groups is 4. The van der Waals surface area contributed by atoms with Crippen LogP contribution in [0, 0.1) is 5.92 Å². The highest BCUT2D eigenvalue weighted by molar-refractivity contribution is 8.00. The number of hydrogen-bond acceptors (Lipinski definition) is 11. The van der Waals surface area contributed by atoms with E-state index in [9.17, 15) is 24.3 Å². The molecule has 0 saturated carbocycles. The zero-order valence-corrected chi connectivity index (χ0v) is 33.7. The van der Waals surface area contributed by atoms with Gasteiger partial charge in [-0.15, -0.1) is 0 Å². The van der Waals surface area contributed by atoms with Crippen LogP contribution in [0.3, 0.4) is 0 Å². The lowest BCUT2D eigenvalue weighted by atomic mass is 9.69. The summed E-state index contributed by atoms with van der Waals surface area (Å²) in [4.78, 5) is 57.9. The maximum absolute atomic E-state index is 14.2. The van der Waals surface area contributed by atoms with Crippen molar-refractivity contribution in [3.8, 4) is 5.75 Å². The van der Waals surface area contributed by atoms with E-state index in [0.717, 1.165) is 11.1 Å². The van der Waals surface area contributed by atoms with Gasteiger partial charge in [-0.05, 0) is 38.0 Å². The maximum Gasteiger partial charge on any atom is 0.409 e. The van der Waals surface area contributed by atoms with Crippen molar-refractivity contribution < 1.29 is 48.0 Å². The molecular weight excluding hydrogens is 726 g/mol. The van der Waals surface area contributed by atoms with E-state index < -0.39 is 65.2 Å². The van der Waals surface area contributed by atoms with Gasteiger partial charge in [-0.3, -0.25) is 14.9 Å². The number of epoxide rings is 1. The number of methoxy groups -OCH3 is 2. The summed E-state index contributed by atoms with van der Waals surface area (Å²) in [7, 11) is 6.03. The fraction of sp³-hybridized carbons (Fsp3) is 0.632. The van der Waals surface area contributed by atoms with E-state index in [-0.39, 0.29) is 34.9 Å². The minimum absolute atomic E-state index is 0.0715. The van der Waals surface area contributed by atoms with Crippen LogP contribution in [0.5, 0.6) is 5.75 Å². The van der Waals surface area contributed by atoms with Crippen molar-refractivity contribution in [2.45, 2.75) is 113 Å². The van der Waals surface area contributed by atoms with Gasteiger partial charge in [0.2, 0.25) is 11.8 Å². The van der Waals surface area contributed by atoms with E-state index >= 15 is 0 Å². The molecule has 0 spiro atoms. The van der Waals surface area contributed by atoms with Crippen LogP contribution in [0.4, 0.5) is 10.5 Å². The van der Waals surface area contributed by atoms with Gasteiger partial charge in [-0.2, -0.15) is 11.8 Å². The topological polar surface area (TPSA) is 156 Å². The Morgan fingerprint density at radius 3 is 2.55 bits per heavy atom. The predicted molar refractivity (Wildman–Crippen MR) is 201 cm³/mol. The first kappa shape index (κ1) is 40.9. The Bertz CT molecular complexity index is 1700. The Labute approximate surface area is 320 Å². The van der Waals surface area contributed by atoms with Crippen molar-refractivity contribution in [2.75, 3.05) is 39.0 Å². The van der Waals surface area contributed by atoms with Crippen molar-refractivity contribution in [1.82, 2.24) is 10.2 Å². The summed E-state index contributed by atoms with van der Waals surface area (Å²) in [5.74, 6) is -1.37.